The van der Waals surface area contributed by atoms with Crippen LogP contribution in [0.4, 0.5) is 0 Å². The van der Waals surface area contributed by atoms with Gasteiger partial charge in [0.05, 0.1) is 13.1 Å². The molecule has 0 N–H and O–H groups in total. The molecule has 0 unspecified atom stereocenters. The molecule has 35 heavy (non-hydrogen) atoms. The molecule has 0 aromatic rings. The smallest absolute Gasteiger partial charge is 0.0598 e. The van der Waals surface area contributed by atoms with Crippen LogP contribution in [0.25, 0.3) is 0 Å². The number of rotatable bonds is 22. The molecule has 0 atom stereocenters. The van der Waals surface area contributed by atoms with Gasteiger partial charge in [-0.15, -0.1) is 0 Å². The molecule has 0 bridgehead atoms. The Bertz CT molecular complexity index is 414. The van der Waals surface area contributed by atoms with Crippen molar-refractivity contribution < 1.29 is 0 Å². The predicted molar refractivity (Wildman–Crippen MR) is 161 cm³/mol. The predicted octanol–water partition coefficient (Wildman–Crippen LogP) is 12.1. The van der Waals surface area contributed by atoms with Crippen LogP contribution < -0.4 is 0 Å². The molecule has 0 spiro atoms. The van der Waals surface area contributed by atoms with Crippen LogP contribution in [0.1, 0.15) is 180 Å². The fourth-order valence-corrected chi connectivity index (χ4v) is 6.72. The van der Waals surface area contributed by atoms with Gasteiger partial charge >= 0.3 is 0 Å². The second-order valence-corrected chi connectivity index (χ2v) is 12.7. The average Bonchev–Trinajstić information content (AvgIpc) is 2.93. The third-order valence-corrected chi connectivity index (χ3v) is 9.24. The number of unbranched alkanes of at least 4 members (excludes halogenated alkanes) is 15. The fraction of sp³-hybridized carbons (Fsp3) is 1.00. The van der Waals surface area contributed by atoms with E-state index in [4.69, 9.17) is 0 Å². The summed E-state index contributed by atoms with van der Waals surface area (Å²) in [6.07, 6.45) is 38.5. The summed E-state index contributed by atoms with van der Waals surface area (Å²) in [6, 6.07) is 0. The first-order chi connectivity index (χ1) is 17.4. The molecule has 0 heterocycles. The molecule has 208 valence electrons. The summed E-state index contributed by atoms with van der Waals surface area (Å²) in [6.45, 7) is 4.20. The molecular weight excluding hydrogens is 444 g/mol. The highest BCUT2D eigenvalue weighted by atomic mass is 32.2. The molecule has 0 aromatic heterocycles. The Balaban J connectivity index is 1.78. The monoisotopic (exact) mass is 508 g/mol. The van der Waals surface area contributed by atoms with E-state index in [1.165, 1.54) is 179 Å². The van der Waals surface area contributed by atoms with Crippen LogP contribution in [-0.4, -0.2) is 24.1 Å². The van der Waals surface area contributed by atoms with Crippen LogP contribution in [0.5, 0.6) is 0 Å². The van der Waals surface area contributed by atoms with Crippen molar-refractivity contribution in [3.05, 3.63) is 0 Å². The SMILES string of the molecule is CCCCCCCCCCCCCCCN=NCCCCCCSC1CCCCCCCCCC1. The molecular formula is C32H64N2S. The van der Waals surface area contributed by atoms with E-state index in [0.717, 1.165) is 18.3 Å². The van der Waals surface area contributed by atoms with Gasteiger partial charge in [0.1, 0.15) is 0 Å². The molecule has 0 saturated heterocycles. The molecule has 0 aliphatic heterocycles. The van der Waals surface area contributed by atoms with Crippen molar-refractivity contribution in [3.63, 3.8) is 0 Å². The quantitative estimate of drug-likeness (QED) is 0.105. The number of nitrogens with zero attached hydrogens (tertiary/aromatic N) is 2. The summed E-state index contributed by atoms with van der Waals surface area (Å²) in [7, 11) is 0. The van der Waals surface area contributed by atoms with E-state index >= 15 is 0 Å². The standard InChI is InChI=1S/C32H64N2S/c1-2-3-4-5-6-7-8-9-10-13-16-19-24-29-33-34-30-25-20-21-26-31-35-32-27-22-17-14-11-12-15-18-23-28-32/h32H,2-31H2,1H3. The average molecular weight is 509 g/mol. The molecule has 1 rings (SSSR count). The third-order valence-electron chi connectivity index (χ3n) is 7.77. The Morgan fingerprint density at radius 1 is 0.457 bits per heavy atom. The molecule has 0 aromatic carbocycles. The van der Waals surface area contributed by atoms with Gasteiger partial charge in [0.2, 0.25) is 0 Å². The molecule has 1 aliphatic carbocycles. The van der Waals surface area contributed by atoms with Gasteiger partial charge in [-0.25, -0.2) is 0 Å². The molecule has 1 fully saturated rings. The summed E-state index contributed by atoms with van der Waals surface area (Å²) < 4.78 is 0. The van der Waals surface area contributed by atoms with Gasteiger partial charge < -0.3 is 0 Å². The summed E-state index contributed by atoms with van der Waals surface area (Å²) in [5.74, 6) is 1.38. The van der Waals surface area contributed by atoms with Crippen LogP contribution in [0.2, 0.25) is 0 Å². The van der Waals surface area contributed by atoms with Crippen LogP contribution >= 0.6 is 11.8 Å². The fourth-order valence-electron chi connectivity index (χ4n) is 5.35. The van der Waals surface area contributed by atoms with Crippen LogP contribution in [-0.2, 0) is 0 Å². The van der Waals surface area contributed by atoms with E-state index in [1.54, 1.807) is 0 Å². The lowest BCUT2D eigenvalue weighted by atomic mass is 10.0. The van der Waals surface area contributed by atoms with Crippen molar-refractivity contribution in [1.29, 1.82) is 0 Å². The number of thioether (sulfide) groups is 1. The van der Waals surface area contributed by atoms with E-state index in [0.29, 0.717) is 0 Å². The second-order valence-electron chi connectivity index (χ2n) is 11.3. The van der Waals surface area contributed by atoms with Crippen molar-refractivity contribution in [1.82, 2.24) is 0 Å². The van der Waals surface area contributed by atoms with Crippen molar-refractivity contribution in [2.75, 3.05) is 18.8 Å². The number of hydrogen-bond donors (Lipinski definition) is 0. The maximum atomic E-state index is 4.42. The highest BCUT2D eigenvalue weighted by molar-refractivity contribution is 7.99. The van der Waals surface area contributed by atoms with Crippen molar-refractivity contribution >= 4 is 11.8 Å². The van der Waals surface area contributed by atoms with Crippen molar-refractivity contribution in [3.8, 4) is 0 Å². The Labute approximate surface area is 226 Å². The topological polar surface area (TPSA) is 24.7 Å². The number of hydrogen-bond acceptors (Lipinski definition) is 3. The lowest BCUT2D eigenvalue weighted by Crippen LogP contribution is -2.04. The second kappa shape index (κ2) is 28.5. The van der Waals surface area contributed by atoms with Crippen molar-refractivity contribution in [2.45, 2.75) is 186 Å². The van der Waals surface area contributed by atoms with Gasteiger partial charge in [-0.3, -0.25) is 0 Å². The van der Waals surface area contributed by atoms with E-state index in [-0.39, 0.29) is 0 Å². The van der Waals surface area contributed by atoms with Gasteiger partial charge in [-0.05, 0) is 37.9 Å². The van der Waals surface area contributed by atoms with Gasteiger partial charge in [-0.1, -0.05) is 148 Å². The maximum Gasteiger partial charge on any atom is 0.0598 e. The lowest BCUT2D eigenvalue weighted by Gasteiger charge is -2.16. The summed E-state index contributed by atoms with van der Waals surface area (Å²) in [4.78, 5) is 0. The molecule has 1 aliphatic rings. The van der Waals surface area contributed by atoms with Gasteiger partial charge in [0.15, 0.2) is 0 Å². The Kier molecular flexibility index (Phi) is 26.9. The maximum absolute atomic E-state index is 4.42. The normalized spacial score (nSPS) is 16.6. The minimum Gasteiger partial charge on any atom is -0.194 e. The summed E-state index contributed by atoms with van der Waals surface area (Å²) in [5, 5.41) is 9.78. The highest BCUT2D eigenvalue weighted by Gasteiger charge is 2.10. The Hall–Kier alpha value is -0.0500. The summed E-state index contributed by atoms with van der Waals surface area (Å²) >= 11 is 2.29. The highest BCUT2D eigenvalue weighted by Crippen LogP contribution is 2.26. The zero-order valence-corrected chi connectivity index (χ0v) is 24.9. The number of azo groups is 1. The first kappa shape index (κ1) is 33.0. The molecule has 0 amide bonds. The minimum atomic E-state index is 0.951. The van der Waals surface area contributed by atoms with Crippen LogP contribution in [0, 0.1) is 0 Å². The largest absolute Gasteiger partial charge is 0.194 e. The zero-order valence-electron chi connectivity index (χ0n) is 24.1. The zero-order chi connectivity index (χ0) is 24.9. The van der Waals surface area contributed by atoms with Gasteiger partial charge in [0, 0.05) is 5.25 Å². The van der Waals surface area contributed by atoms with Gasteiger partial charge in [-0.2, -0.15) is 22.0 Å². The molecule has 1 saturated carbocycles. The Morgan fingerprint density at radius 3 is 1.29 bits per heavy atom. The Morgan fingerprint density at radius 2 is 0.829 bits per heavy atom. The third kappa shape index (κ3) is 25.4. The molecule has 2 nitrogen and oxygen atoms in total. The first-order valence-corrected chi connectivity index (χ1v) is 17.4. The van der Waals surface area contributed by atoms with E-state index in [2.05, 4.69) is 28.9 Å². The van der Waals surface area contributed by atoms with E-state index < -0.39 is 0 Å². The lowest BCUT2D eigenvalue weighted by molar-refractivity contribution is 0.539. The summed E-state index contributed by atoms with van der Waals surface area (Å²) in [5.41, 5.74) is 0. The van der Waals surface area contributed by atoms with Crippen LogP contribution in [0.3, 0.4) is 0 Å². The molecule has 3 heteroatoms. The van der Waals surface area contributed by atoms with E-state index in [9.17, 15) is 0 Å². The first-order valence-electron chi connectivity index (χ1n) is 16.4. The van der Waals surface area contributed by atoms with Crippen LogP contribution in [0.15, 0.2) is 10.2 Å². The minimum absolute atomic E-state index is 0.951. The van der Waals surface area contributed by atoms with Gasteiger partial charge in [0.25, 0.3) is 0 Å². The van der Waals surface area contributed by atoms with Crippen molar-refractivity contribution in [2.24, 2.45) is 10.2 Å². The molecule has 0 radical (unpaired) electrons. The van der Waals surface area contributed by atoms with E-state index in [1.807, 2.05) is 0 Å².